The Balaban J connectivity index is 2.61. The summed E-state index contributed by atoms with van der Waals surface area (Å²) >= 11 is 1.15. The second-order valence-electron chi connectivity index (χ2n) is 3.62. The van der Waals surface area contributed by atoms with Gasteiger partial charge in [-0.2, -0.15) is 0 Å². The van der Waals surface area contributed by atoms with Gasteiger partial charge in [-0.3, -0.25) is 4.79 Å². The molecule has 0 aliphatic carbocycles. The van der Waals surface area contributed by atoms with Gasteiger partial charge in [0.2, 0.25) is 5.78 Å². The van der Waals surface area contributed by atoms with Gasteiger partial charge in [0.25, 0.3) is 0 Å². The van der Waals surface area contributed by atoms with Gasteiger partial charge in [0, 0.05) is 6.61 Å². The number of carbonyl (C=O) groups is 1. The van der Waals surface area contributed by atoms with Gasteiger partial charge < -0.3 is 4.74 Å². The molecule has 0 spiro atoms. The quantitative estimate of drug-likeness (QED) is 0.553. The van der Waals surface area contributed by atoms with E-state index in [0.717, 1.165) is 23.6 Å². The Hall–Kier alpha value is -0.810. The molecule has 15 heavy (non-hydrogen) atoms. The van der Waals surface area contributed by atoms with Crippen molar-refractivity contribution in [1.82, 2.24) is 9.59 Å². The van der Waals surface area contributed by atoms with Crippen LogP contribution < -0.4 is 0 Å². The molecule has 84 valence electrons. The fourth-order valence-electron chi connectivity index (χ4n) is 1.14. The van der Waals surface area contributed by atoms with Crippen LogP contribution in [0.25, 0.3) is 0 Å². The lowest BCUT2D eigenvalue weighted by Crippen LogP contribution is -2.10. The summed E-state index contributed by atoms with van der Waals surface area (Å²) in [6.45, 7) is 6.77. The van der Waals surface area contributed by atoms with E-state index in [1.54, 1.807) is 0 Å². The summed E-state index contributed by atoms with van der Waals surface area (Å²) in [5, 5.41) is 3.96. The third-order valence-electron chi connectivity index (χ3n) is 1.90. The predicted octanol–water partition coefficient (Wildman–Crippen LogP) is 2.27. The number of carbonyl (C=O) groups excluding carboxylic acids is 1. The van der Waals surface area contributed by atoms with E-state index in [9.17, 15) is 4.79 Å². The number of hydrogen-bond donors (Lipinski definition) is 0. The number of aromatic nitrogens is 2. The topological polar surface area (TPSA) is 52.1 Å². The maximum atomic E-state index is 11.7. The van der Waals surface area contributed by atoms with Crippen molar-refractivity contribution in [2.45, 2.75) is 33.1 Å². The van der Waals surface area contributed by atoms with Crippen LogP contribution in [0.15, 0.2) is 0 Å². The van der Waals surface area contributed by atoms with E-state index in [1.807, 2.05) is 20.8 Å². The molecular formula is C10H16N2O2S. The highest BCUT2D eigenvalue weighted by molar-refractivity contribution is 7.08. The third kappa shape index (κ3) is 3.35. The molecule has 4 nitrogen and oxygen atoms in total. The number of Topliss-reactive ketones (excluding diaryl/α,β-unsaturated/α-hetero) is 1. The van der Waals surface area contributed by atoms with Crippen molar-refractivity contribution in [2.75, 3.05) is 13.2 Å². The summed E-state index contributed by atoms with van der Waals surface area (Å²) in [5.74, 6) is 0.219. The molecule has 1 aromatic rings. The largest absolute Gasteiger partial charge is 0.373 e. The average Bonchev–Trinajstić information content (AvgIpc) is 2.66. The molecule has 0 bridgehead atoms. The molecule has 0 atom stereocenters. The van der Waals surface area contributed by atoms with Crippen LogP contribution in [0, 0.1) is 0 Å². The molecule has 5 heteroatoms. The van der Waals surface area contributed by atoms with Crippen LogP contribution in [0.5, 0.6) is 0 Å². The van der Waals surface area contributed by atoms with E-state index in [2.05, 4.69) is 9.59 Å². The third-order valence-corrected chi connectivity index (χ3v) is 2.68. The summed E-state index contributed by atoms with van der Waals surface area (Å²) in [6, 6.07) is 0. The normalized spacial score (nSPS) is 10.9. The van der Waals surface area contributed by atoms with E-state index in [-0.39, 0.29) is 18.3 Å². The highest BCUT2D eigenvalue weighted by Gasteiger charge is 2.18. The first-order chi connectivity index (χ1) is 7.16. The molecule has 1 aromatic heterocycles. The van der Waals surface area contributed by atoms with Gasteiger partial charge in [0.1, 0.15) is 11.5 Å². The molecular weight excluding hydrogens is 212 g/mol. The van der Waals surface area contributed by atoms with Crippen molar-refractivity contribution >= 4 is 17.3 Å². The molecule has 0 fully saturated rings. The van der Waals surface area contributed by atoms with Crippen LogP contribution in [0.3, 0.4) is 0 Å². The first-order valence-corrected chi connectivity index (χ1v) is 5.87. The Labute approximate surface area is 93.8 Å². The Morgan fingerprint density at radius 2 is 2.27 bits per heavy atom. The highest BCUT2D eigenvalue weighted by atomic mass is 32.1. The first kappa shape index (κ1) is 12.3. The fourth-order valence-corrected chi connectivity index (χ4v) is 1.88. The minimum absolute atomic E-state index is 0.0119. The maximum absolute atomic E-state index is 11.7. The number of ketones is 1. The smallest absolute Gasteiger partial charge is 0.201 e. The zero-order chi connectivity index (χ0) is 11.3. The average molecular weight is 228 g/mol. The fraction of sp³-hybridized carbons (Fsp3) is 0.700. The van der Waals surface area contributed by atoms with Gasteiger partial charge in [-0.25, -0.2) is 0 Å². The lowest BCUT2D eigenvalue weighted by atomic mass is 10.1. The highest BCUT2D eigenvalue weighted by Crippen LogP contribution is 2.20. The second-order valence-corrected chi connectivity index (χ2v) is 4.37. The molecule has 0 aliphatic rings. The van der Waals surface area contributed by atoms with E-state index >= 15 is 0 Å². The van der Waals surface area contributed by atoms with E-state index in [4.69, 9.17) is 4.74 Å². The van der Waals surface area contributed by atoms with Crippen molar-refractivity contribution in [3.63, 3.8) is 0 Å². The summed E-state index contributed by atoms with van der Waals surface area (Å²) in [7, 11) is 0. The van der Waals surface area contributed by atoms with Gasteiger partial charge in [0.05, 0.1) is 5.69 Å². The molecule has 0 aliphatic heterocycles. The zero-order valence-corrected chi connectivity index (χ0v) is 10.1. The monoisotopic (exact) mass is 228 g/mol. The number of rotatable bonds is 6. The Bertz CT molecular complexity index is 323. The van der Waals surface area contributed by atoms with Crippen molar-refractivity contribution in [3.05, 3.63) is 10.6 Å². The van der Waals surface area contributed by atoms with Gasteiger partial charge in [-0.1, -0.05) is 25.3 Å². The minimum Gasteiger partial charge on any atom is -0.373 e. The Morgan fingerprint density at radius 3 is 2.87 bits per heavy atom. The van der Waals surface area contributed by atoms with Crippen molar-refractivity contribution in [1.29, 1.82) is 0 Å². The van der Waals surface area contributed by atoms with Gasteiger partial charge in [-0.15, -0.1) is 5.10 Å². The van der Waals surface area contributed by atoms with E-state index in [0.29, 0.717) is 11.5 Å². The van der Waals surface area contributed by atoms with E-state index in [1.165, 1.54) is 0 Å². The molecule has 0 saturated carbocycles. The van der Waals surface area contributed by atoms with Gasteiger partial charge >= 0.3 is 0 Å². The van der Waals surface area contributed by atoms with Gasteiger partial charge in [-0.05, 0) is 23.9 Å². The maximum Gasteiger partial charge on any atom is 0.201 e. The van der Waals surface area contributed by atoms with Crippen molar-refractivity contribution in [2.24, 2.45) is 0 Å². The zero-order valence-electron chi connectivity index (χ0n) is 9.32. The van der Waals surface area contributed by atoms with Crippen LogP contribution in [0.2, 0.25) is 0 Å². The minimum atomic E-state index is -0.0119. The summed E-state index contributed by atoms with van der Waals surface area (Å²) in [5.41, 5.74) is 0.782. The lowest BCUT2D eigenvalue weighted by Gasteiger charge is -2.03. The SMILES string of the molecule is CCCOCC(=O)c1snnc1C(C)C. The molecule has 0 saturated heterocycles. The summed E-state index contributed by atoms with van der Waals surface area (Å²) < 4.78 is 9.01. The number of nitrogens with zero attached hydrogens (tertiary/aromatic N) is 2. The summed E-state index contributed by atoms with van der Waals surface area (Å²) in [4.78, 5) is 12.4. The first-order valence-electron chi connectivity index (χ1n) is 5.10. The molecule has 1 heterocycles. The molecule has 0 radical (unpaired) electrons. The molecule has 0 amide bonds. The van der Waals surface area contributed by atoms with Crippen LogP contribution in [0.4, 0.5) is 0 Å². The van der Waals surface area contributed by atoms with Crippen LogP contribution in [-0.4, -0.2) is 28.6 Å². The molecule has 1 rings (SSSR count). The van der Waals surface area contributed by atoms with Crippen LogP contribution >= 0.6 is 11.5 Å². The van der Waals surface area contributed by atoms with Crippen LogP contribution in [0.1, 0.15) is 48.5 Å². The van der Waals surface area contributed by atoms with Crippen molar-refractivity contribution in [3.8, 4) is 0 Å². The molecule has 0 N–H and O–H groups in total. The van der Waals surface area contributed by atoms with E-state index < -0.39 is 0 Å². The second kappa shape index (κ2) is 5.92. The van der Waals surface area contributed by atoms with Gasteiger partial charge in [0.15, 0.2) is 0 Å². The standard InChI is InChI=1S/C10H16N2O2S/c1-4-5-14-6-8(13)10-9(7(2)3)11-12-15-10/h7H,4-6H2,1-3H3. The Kier molecular flexibility index (Phi) is 4.84. The number of hydrogen-bond acceptors (Lipinski definition) is 5. The lowest BCUT2D eigenvalue weighted by molar-refractivity contribution is 0.0764. The molecule has 0 aromatic carbocycles. The Morgan fingerprint density at radius 1 is 1.53 bits per heavy atom. The number of ether oxygens (including phenoxy) is 1. The van der Waals surface area contributed by atoms with Crippen LogP contribution in [-0.2, 0) is 4.74 Å². The molecule has 0 unspecified atom stereocenters. The predicted molar refractivity (Wildman–Crippen MR) is 59.4 cm³/mol. The van der Waals surface area contributed by atoms with Crippen molar-refractivity contribution < 1.29 is 9.53 Å². The summed E-state index contributed by atoms with van der Waals surface area (Å²) in [6.07, 6.45) is 0.922.